The number of piperidine rings is 1. The number of ether oxygens (including phenoxy) is 1. The molecule has 0 bridgehead atoms. The second kappa shape index (κ2) is 11.2. The molecule has 0 unspecified atom stereocenters. The molecule has 1 saturated heterocycles. The number of aromatic nitrogens is 2. The molecule has 3 aromatic rings. The van der Waals surface area contributed by atoms with E-state index in [0.717, 1.165) is 31.5 Å². The lowest BCUT2D eigenvalue weighted by molar-refractivity contribution is 0.0686. The summed E-state index contributed by atoms with van der Waals surface area (Å²) in [5.41, 5.74) is 7.56. The molecule has 1 aliphatic heterocycles. The SMILES string of the molecule is CCOc1nc2ccc(C(=O)O)cc2n1Cc1ccc(C(=O)O)cc1.NC(=O)N1CCCCC1. The smallest absolute Gasteiger partial charge is 0.335 e. The van der Waals surface area contributed by atoms with Gasteiger partial charge in [-0.15, -0.1) is 0 Å². The molecule has 0 saturated carbocycles. The summed E-state index contributed by atoms with van der Waals surface area (Å²) in [7, 11) is 0. The number of carbonyl (C=O) groups excluding carboxylic acids is 1. The van der Waals surface area contributed by atoms with Crippen molar-refractivity contribution in [3.8, 4) is 6.01 Å². The van der Waals surface area contributed by atoms with Crippen molar-refractivity contribution in [2.75, 3.05) is 19.7 Å². The molecule has 180 valence electrons. The number of rotatable bonds is 6. The Labute approximate surface area is 196 Å². The first kappa shape index (κ1) is 24.6. The van der Waals surface area contributed by atoms with Gasteiger partial charge in [0.25, 0.3) is 6.01 Å². The van der Waals surface area contributed by atoms with Gasteiger partial charge in [0, 0.05) is 13.1 Å². The maximum atomic E-state index is 11.2. The Morgan fingerprint density at radius 2 is 1.59 bits per heavy atom. The van der Waals surface area contributed by atoms with E-state index >= 15 is 0 Å². The number of carboxylic acid groups (broad SMARTS) is 2. The molecule has 10 nitrogen and oxygen atoms in total. The van der Waals surface area contributed by atoms with Gasteiger partial charge in [0.1, 0.15) is 0 Å². The van der Waals surface area contributed by atoms with Crippen LogP contribution < -0.4 is 10.5 Å². The highest BCUT2D eigenvalue weighted by molar-refractivity contribution is 5.92. The molecule has 34 heavy (non-hydrogen) atoms. The number of carboxylic acids is 2. The van der Waals surface area contributed by atoms with Crippen LogP contribution >= 0.6 is 0 Å². The number of carbonyl (C=O) groups is 3. The predicted octanol–water partition coefficient (Wildman–Crippen LogP) is 3.43. The number of urea groups is 1. The Kier molecular flexibility index (Phi) is 8.07. The van der Waals surface area contributed by atoms with Crippen molar-refractivity contribution in [1.29, 1.82) is 0 Å². The van der Waals surface area contributed by atoms with Crippen molar-refractivity contribution in [2.45, 2.75) is 32.7 Å². The highest BCUT2D eigenvalue weighted by Crippen LogP contribution is 2.24. The van der Waals surface area contributed by atoms with Gasteiger partial charge in [0.05, 0.1) is 35.3 Å². The number of nitrogens with two attached hydrogens (primary N) is 1. The van der Waals surface area contributed by atoms with E-state index in [4.69, 9.17) is 15.6 Å². The predicted molar refractivity (Wildman–Crippen MR) is 125 cm³/mol. The minimum Gasteiger partial charge on any atom is -0.478 e. The molecule has 4 N–H and O–H groups in total. The van der Waals surface area contributed by atoms with Gasteiger partial charge in [0.15, 0.2) is 0 Å². The Balaban J connectivity index is 0.000000302. The summed E-state index contributed by atoms with van der Waals surface area (Å²) < 4.78 is 7.35. The van der Waals surface area contributed by atoms with Crippen LogP contribution in [-0.2, 0) is 6.54 Å². The fraction of sp³-hybridized carbons (Fsp3) is 0.333. The van der Waals surface area contributed by atoms with Crippen LogP contribution in [0, 0.1) is 0 Å². The summed E-state index contributed by atoms with van der Waals surface area (Å²) >= 11 is 0. The quantitative estimate of drug-likeness (QED) is 0.502. The maximum Gasteiger partial charge on any atom is 0.335 e. The average Bonchev–Trinajstić information content (AvgIpc) is 3.17. The lowest BCUT2D eigenvalue weighted by atomic mass is 10.1. The molecule has 0 aliphatic carbocycles. The fourth-order valence-electron chi connectivity index (χ4n) is 3.68. The van der Waals surface area contributed by atoms with E-state index in [0.29, 0.717) is 30.2 Å². The van der Waals surface area contributed by atoms with E-state index in [1.165, 1.54) is 24.6 Å². The molecule has 0 spiro atoms. The fourth-order valence-corrected chi connectivity index (χ4v) is 3.68. The van der Waals surface area contributed by atoms with Crippen LogP contribution in [0.5, 0.6) is 6.01 Å². The number of hydrogen-bond donors (Lipinski definition) is 3. The van der Waals surface area contributed by atoms with Crippen LogP contribution in [0.4, 0.5) is 4.79 Å². The van der Waals surface area contributed by atoms with Crippen molar-refractivity contribution in [3.63, 3.8) is 0 Å². The van der Waals surface area contributed by atoms with Crippen LogP contribution in [-0.4, -0.2) is 62.3 Å². The maximum absolute atomic E-state index is 11.2. The van der Waals surface area contributed by atoms with Crippen molar-refractivity contribution in [3.05, 3.63) is 59.2 Å². The van der Waals surface area contributed by atoms with Crippen LogP contribution in [0.2, 0.25) is 0 Å². The van der Waals surface area contributed by atoms with Crippen molar-refractivity contribution in [2.24, 2.45) is 5.73 Å². The number of nitrogens with zero attached hydrogens (tertiary/aromatic N) is 3. The first-order valence-electron chi connectivity index (χ1n) is 11.0. The summed E-state index contributed by atoms with van der Waals surface area (Å²) in [5.74, 6) is -2.00. The molecule has 0 atom stereocenters. The van der Waals surface area contributed by atoms with E-state index in [2.05, 4.69) is 4.98 Å². The third-order valence-electron chi connectivity index (χ3n) is 5.44. The summed E-state index contributed by atoms with van der Waals surface area (Å²) in [6, 6.07) is 11.3. The van der Waals surface area contributed by atoms with Crippen LogP contribution in [0.1, 0.15) is 52.5 Å². The Morgan fingerprint density at radius 3 is 2.12 bits per heavy atom. The second-order valence-electron chi connectivity index (χ2n) is 7.81. The molecule has 1 fully saturated rings. The molecular formula is C24H28N4O6. The lowest BCUT2D eigenvalue weighted by Gasteiger charge is -2.24. The van der Waals surface area contributed by atoms with Gasteiger partial charge < -0.3 is 25.6 Å². The standard InChI is InChI=1S/C18H16N2O5.C6H12N2O/c1-2-25-18-19-14-8-7-13(17(23)24)9-15(14)20(18)10-11-3-5-12(6-4-11)16(21)22;7-6(9)8-4-2-1-3-5-8/h3-9H,2,10H2,1H3,(H,21,22)(H,23,24);1-5H2,(H2,7,9). The molecule has 4 rings (SSSR count). The Morgan fingerprint density at radius 1 is 0.971 bits per heavy atom. The van der Waals surface area contributed by atoms with Crippen molar-refractivity contribution < 1.29 is 29.3 Å². The van der Waals surface area contributed by atoms with Crippen LogP contribution in [0.15, 0.2) is 42.5 Å². The number of primary amides is 1. The van der Waals surface area contributed by atoms with Crippen molar-refractivity contribution in [1.82, 2.24) is 14.5 Å². The number of amides is 2. The molecule has 2 aromatic carbocycles. The van der Waals surface area contributed by atoms with Gasteiger partial charge in [-0.3, -0.25) is 4.57 Å². The highest BCUT2D eigenvalue weighted by Gasteiger charge is 2.15. The first-order valence-corrected chi connectivity index (χ1v) is 11.0. The van der Waals surface area contributed by atoms with Gasteiger partial charge in [0.2, 0.25) is 0 Å². The molecule has 2 heterocycles. The molecular weight excluding hydrogens is 440 g/mol. The first-order chi connectivity index (χ1) is 16.3. The summed E-state index contributed by atoms with van der Waals surface area (Å²) in [5, 5.41) is 18.2. The third-order valence-corrected chi connectivity index (χ3v) is 5.44. The van der Waals surface area contributed by atoms with Crippen LogP contribution in [0.25, 0.3) is 11.0 Å². The zero-order valence-corrected chi connectivity index (χ0v) is 18.9. The second-order valence-corrected chi connectivity index (χ2v) is 7.81. The normalized spacial score (nSPS) is 13.1. The summed E-state index contributed by atoms with van der Waals surface area (Å²) in [4.78, 5) is 38.8. The van der Waals surface area contributed by atoms with Gasteiger partial charge in [-0.1, -0.05) is 12.1 Å². The molecule has 0 radical (unpaired) electrons. The van der Waals surface area contributed by atoms with Gasteiger partial charge in [-0.05, 0) is 62.1 Å². The third kappa shape index (κ3) is 6.03. The van der Waals surface area contributed by atoms with E-state index in [-0.39, 0.29) is 17.2 Å². The van der Waals surface area contributed by atoms with Gasteiger partial charge in [-0.2, -0.15) is 4.98 Å². The number of aromatic carboxylic acids is 2. The minimum atomic E-state index is -1.02. The number of fused-ring (bicyclic) bond motifs is 1. The minimum absolute atomic E-state index is 0.165. The molecule has 1 aromatic heterocycles. The lowest BCUT2D eigenvalue weighted by Crippen LogP contribution is -2.39. The summed E-state index contributed by atoms with van der Waals surface area (Å²) in [6.45, 7) is 4.36. The molecule has 1 aliphatic rings. The monoisotopic (exact) mass is 468 g/mol. The average molecular weight is 469 g/mol. The Hall–Kier alpha value is -4.08. The summed E-state index contributed by atoms with van der Waals surface area (Å²) in [6.07, 6.45) is 3.47. The zero-order chi connectivity index (χ0) is 24.7. The number of benzene rings is 2. The number of imidazole rings is 1. The molecule has 10 heteroatoms. The topological polar surface area (TPSA) is 148 Å². The van der Waals surface area contributed by atoms with E-state index in [1.54, 1.807) is 33.7 Å². The largest absolute Gasteiger partial charge is 0.478 e. The van der Waals surface area contributed by atoms with E-state index in [1.807, 2.05) is 6.92 Å². The van der Waals surface area contributed by atoms with Gasteiger partial charge in [-0.25, -0.2) is 14.4 Å². The van der Waals surface area contributed by atoms with E-state index < -0.39 is 11.9 Å². The van der Waals surface area contributed by atoms with Gasteiger partial charge >= 0.3 is 18.0 Å². The van der Waals surface area contributed by atoms with Crippen molar-refractivity contribution >= 4 is 29.0 Å². The zero-order valence-electron chi connectivity index (χ0n) is 18.9. The number of likely N-dealkylation sites (tertiary alicyclic amines) is 1. The van der Waals surface area contributed by atoms with Crippen LogP contribution in [0.3, 0.4) is 0 Å². The van der Waals surface area contributed by atoms with E-state index in [9.17, 15) is 19.5 Å². The molecule has 2 amide bonds. The highest BCUT2D eigenvalue weighted by atomic mass is 16.5. The number of hydrogen-bond acceptors (Lipinski definition) is 5. The Bertz CT molecular complexity index is 1170.